The van der Waals surface area contributed by atoms with E-state index in [9.17, 15) is 13.2 Å². The Balaban J connectivity index is 1.68. The molecule has 0 spiro atoms. The molecule has 4 aromatic rings. The lowest BCUT2D eigenvalue weighted by molar-refractivity contribution is 0.0600. The molecule has 218 valence electrons. The molecular formula is C30H31N5O5S2. The Hall–Kier alpha value is -4.42. The summed E-state index contributed by atoms with van der Waals surface area (Å²) in [5.74, 6) is -0.0342. The minimum atomic E-state index is -3.58. The van der Waals surface area contributed by atoms with E-state index in [0.717, 1.165) is 34.6 Å². The van der Waals surface area contributed by atoms with Gasteiger partial charge in [0.15, 0.2) is 5.11 Å². The zero-order valence-corrected chi connectivity index (χ0v) is 25.4. The molecule has 0 aliphatic carbocycles. The highest BCUT2D eigenvalue weighted by Crippen LogP contribution is 2.45. The van der Waals surface area contributed by atoms with Crippen LogP contribution in [0.3, 0.4) is 0 Å². The van der Waals surface area contributed by atoms with Gasteiger partial charge in [-0.2, -0.15) is 0 Å². The van der Waals surface area contributed by atoms with Crippen molar-refractivity contribution in [3.05, 3.63) is 101 Å². The van der Waals surface area contributed by atoms with Gasteiger partial charge in [0, 0.05) is 29.0 Å². The molecule has 0 bridgehead atoms. The molecule has 1 fully saturated rings. The second-order valence-electron chi connectivity index (χ2n) is 9.96. The molecule has 3 heterocycles. The minimum absolute atomic E-state index is 0.297. The third kappa shape index (κ3) is 5.55. The molecule has 5 rings (SSSR count). The van der Waals surface area contributed by atoms with Crippen LogP contribution in [-0.4, -0.2) is 49.5 Å². The number of aryl methyl sites for hydroxylation is 1. The second kappa shape index (κ2) is 11.5. The van der Waals surface area contributed by atoms with Gasteiger partial charge in [-0.25, -0.2) is 13.2 Å². The molecule has 2 N–H and O–H groups in total. The Morgan fingerprint density at radius 3 is 2.48 bits per heavy atom. The number of sulfonamides is 1. The van der Waals surface area contributed by atoms with Crippen molar-refractivity contribution < 1.29 is 22.7 Å². The number of pyridine rings is 1. The first-order valence-electron chi connectivity index (χ1n) is 13.1. The first-order valence-corrected chi connectivity index (χ1v) is 15.4. The summed E-state index contributed by atoms with van der Waals surface area (Å²) >= 11 is 5.89. The molecule has 1 saturated heterocycles. The largest absolute Gasteiger partial charge is 0.495 e. The summed E-state index contributed by atoms with van der Waals surface area (Å²) in [5, 5.41) is 3.91. The molecule has 0 saturated carbocycles. The lowest BCUT2D eigenvalue weighted by atomic mass is 9.96. The number of methoxy groups -OCH3 is 2. The fourth-order valence-corrected chi connectivity index (χ4v) is 6.35. The number of benzene rings is 2. The van der Waals surface area contributed by atoms with Crippen molar-refractivity contribution in [2.45, 2.75) is 25.9 Å². The van der Waals surface area contributed by atoms with Crippen LogP contribution in [0.4, 0.5) is 11.4 Å². The average molecular weight is 606 g/mol. The van der Waals surface area contributed by atoms with Gasteiger partial charge in [0.25, 0.3) is 0 Å². The molecular weight excluding hydrogens is 574 g/mol. The van der Waals surface area contributed by atoms with Crippen molar-refractivity contribution in [3.8, 4) is 11.4 Å². The van der Waals surface area contributed by atoms with E-state index in [4.69, 9.17) is 21.7 Å². The lowest BCUT2D eigenvalue weighted by Gasteiger charge is -2.29. The number of hydrogen-bond donors (Lipinski definition) is 2. The van der Waals surface area contributed by atoms with E-state index in [0.29, 0.717) is 27.8 Å². The lowest BCUT2D eigenvalue weighted by Crippen LogP contribution is -2.29. The number of ether oxygens (including phenoxy) is 2. The first-order chi connectivity index (χ1) is 20.0. The van der Waals surface area contributed by atoms with E-state index in [1.165, 1.54) is 14.2 Å². The van der Waals surface area contributed by atoms with Gasteiger partial charge in [-0.3, -0.25) is 9.71 Å². The number of aromatic nitrogens is 2. The van der Waals surface area contributed by atoms with E-state index in [1.807, 2.05) is 55.1 Å². The van der Waals surface area contributed by atoms with E-state index >= 15 is 0 Å². The van der Waals surface area contributed by atoms with Crippen molar-refractivity contribution in [1.82, 2.24) is 14.9 Å². The number of carbonyl (C=O) groups excluding carboxylic acids is 1. The maximum Gasteiger partial charge on any atom is 0.337 e. The van der Waals surface area contributed by atoms with Crippen LogP contribution in [0.1, 0.15) is 45.1 Å². The van der Waals surface area contributed by atoms with E-state index in [-0.39, 0.29) is 12.1 Å². The highest BCUT2D eigenvalue weighted by molar-refractivity contribution is 7.92. The molecule has 0 unspecified atom stereocenters. The van der Waals surface area contributed by atoms with E-state index < -0.39 is 16.0 Å². The smallest absolute Gasteiger partial charge is 0.337 e. The Morgan fingerprint density at radius 1 is 1.02 bits per heavy atom. The van der Waals surface area contributed by atoms with E-state index in [2.05, 4.69) is 25.7 Å². The third-order valence-electron chi connectivity index (χ3n) is 7.17. The van der Waals surface area contributed by atoms with Gasteiger partial charge in [-0.05, 0) is 86.2 Å². The molecule has 42 heavy (non-hydrogen) atoms. The molecule has 1 aliphatic rings. The van der Waals surface area contributed by atoms with E-state index in [1.54, 1.807) is 30.5 Å². The fourth-order valence-electron chi connectivity index (χ4n) is 5.45. The number of esters is 1. The summed E-state index contributed by atoms with van der Waals surface area (Å²) in [5.41, 5.74) is 5.91. The number of hydrogen-bond acceptors (Lipinski definition) is 7. The Labute approximate surface area is 250 Å². The molecule has 2 aromatic heterocycles. The summed E-state index contributed by atoms with van der Waals surface area (Å²) in [6.45, 7) is 4.02. The normalized spacial score (nSPS) is 16.7. The van der Waals surface area contributed by atoms with Crippen molar-refractivity contribution >= 4 is 44.7 Å². The van der Waals surface area contributed by atoms with Crippen molar-refractivity contribution in [2.75, 3.05) is 30.1 Å². The Morgan fingerprint density at radius 2 is 1.81 bits per heavy atom. The standard InChI is InChI=1S/C30H31N5O5S2/c1-18-15-23(19(2)34(18)21-10-8-9-20(16-21)29(36)40-4)28-27(24-11-6-7-14-31-24)32-30(41)35(28)22-12-13-26(39-3)25(17-22)33-42(5,37)38/h6-17,27-28,33H,1-5H3,(H,32,41)/t27-,28-/m1/s1. The molecule has 2 atom stereocenters. The van der Waals surface area contributed by atoms with Crippen molar-refractivity contribution in [3.63, 3.8) is 0 Å². The van der Waals surface area contributed by atoms with Gasteiger partial charge < -0.3 is 24.3 Å². The summed E-state index contributed by atoms with van der Waals surface area (Å²) in [7, 11) is -0.738. The average Bonchev–Trinajstić information content (AvgIpc) is 3.46. The highest BCUT2D eigenvalue weighted by Gasteiger charge is 2.42. The molecule has 10 nitrogen and oxygen atoms in total. The van der Waals surface area contributed by atoms with Crippen LogP contribution in [0.5, 0.6) is 5.75 Å². The number of thiocarbonyl (C=S) groups is 1. The molecule has 0 radical (unpaired) electrons. The zero-order chi connectivity index (χ0) is 30.2. The number of carbonyl (C=O) groups is 1. The van der Waals surface area contributed by atoms with Crippen molar-refractivity contribution in [2.24, 2.45) is 0 Å². The van der Waals surface area contributed by atoms with Gasteiger partial charge in [0.05, 0.1) is 49.5 Å². The van der Waals surface area contributed by atoms with Crippen LogP contribution in [0.2, 0.25) is 0 Å². The summed E-state index contributed by atoms with van der Waals surface area (Å²) in [6.07, 6.45) is 2.83. The molecule has 0 amide bonds. The van der Waals surface area contributed by atoms with Crippen molar-refractivity contribution in [1.29, 1.82) is 0 Å². The highest BCUT2D eigenvalue weighted by atomic mass is 32.2. The fraction of sp³-hybridized carbons (Fsp3) is 0.233. The Bertz CT molecular complexity index is 1770. The number of nitrogens with one attached hydrogen (secondary N) is 2. The maximum absolute atomic E-state index is 12.3. The second-order valence-corrected chi connectivity index (χ2v) is 12.1. The minimum Gasteiger partial charge on any atom is -0.495 e. The quantitative estimate of drug-likeness (QED) is 0.215. The summed E-state index contributed by atoms with van der Waals surface area (Å²) < 4.78 is 39.3. The predicted octanol–water partition coefficient (Wildman–Crippen LogP) is 4.83. The zero-order valence-electron chi connectivity index (χ0n) is 23.8. The topological polar surface area (TPSA) is 115 Å². The van der Waals surface area contributed by atoms with Crippen LogP contribution < -0.4 is 19.7 Å². The van der Waals surface area contributed by atoms with Gasteiger partial charge >= 0.3 is 5.97 Å². The van der Waals surface area contributed by atoms with Crippen LogP contribution in [-0.2, 0) is 14.8 Å². The SMILES string of the molecule is COC(=O)c1cccc(-n2c(C)cc([C@@H]3[C@@H](c4ccccn4)NC(=S)N3c3ccc(OC)c(NS(C)(=O)=O)c3)c2C)c1. The summed E-state index contributed by atoms with van der Waals surface area (Å²) in [4.78, 5) is 18.9. The van der Waals surface area contributed by atoms with Crippen LogP contribution in [0.15, 0.2) is 72.9 Å². The predicted molar refractivity (Wildman–Crippen MR) is 166 cm³/mol. The van der Waals surface area contributed by atoms with Crippen LogP contribution in [0, 0.1) is 13.8 Å². The van der Waals surface area contributed by atoms with Crippen LogP contribution >= 0.6 is 12.2 Å². The third-order valence-corrected chi connectivity index (χ3v) is 8.07. The van der Waals surface area contributed by atoms with Gasteiger partial charge in [0.2, 0.25) is 10.0 Å². The Kier molecular flexibility index (Phi) is 7.93. The number of rotatable bonds is 8. The van der Waals surface area contributed by atoms with Gasteiger partial charge in [-0.15, -0.1) is 0 Å². The maximum atomic E-state index is 12.3. The molecule has 1 aliphatic heterocycles. The number of anilines is 2. The van der Waals surface area contributed by atoms with Gasteiger partial charge in [-0.1, -0.05) is 12.1 Å². The molecule has 12 heteroatoms. The van der Waals surface area contributed by atoms with Crippen LogP contribution in [0.25, 0.3) is 5.69 Å². The first kappa shape index (κ1) is 29.1. The number of nitrogens with zero attached hydrogens (tertiary/aromatic N) is 3. The molecule has 2 aromatic carbocycles. The van der Waals surface area contributed by atoms with Gasteiger partial charge in [0.1, 0.15) is 5.75 Å². The monoisotopic (exact) mass is 605 g/mol. The summed E-state index contributed by atoms with van der Waals surface area (Å²) in [6, 6.07) is 19.7.